The first kappa shape index (κ1) is 45.2. The molecule has 0 rings (SSSR count). The Balaban J connectivity index is -0.00000000571. The molecule has 10 heavy (non-hydrogen) atoms. The SMILES string of the molecule is O=C[O-].O=C[O-].[Cl-].[Cl-].[Zn+2].[Zn+2]. The summed E-state index contributed by atoms with van der Waals surface area (Å²) in [5.74, 6) is 0. The molecule has 0 radical (unpaired) electrons. The van der Waals surface area contributed by atoms with Crippen molar-refractivity contribution in [2.75, 3.05) is 0 Å². The van der Waals surface area contributed by atoms with E-state index in [-0.39, 0.29) is 63.8 Å². The molecule has 0 amide bonds. The number of rotatable bonds is 0. The predicted molar refractivity (Wildman–Crippen MR) is 12.1 cm³/mol. The second-order valence-electron chi connectivity index (χ2n) is 0.192. The van der Waals surface area contributed by atoms with Gasteiger partial charge >= 0.3 is 39.0 Å². The molecule has 0 N–H and O–H groups in total. The third-order valence-corrected chi connectivity index (χ3v) is 0. The average Bonchev–Trinajstić information content (AvgIpc) is 1.39. The van der Waals surface area contributed by atoms with Gasteiger partial charge in [-0.1, -0.05) is 0 Å². The van der Waals surface area contributed by atoms with E-state index in [0.29, 0.717) is 0 Å². The van der Waals surface area contributed by atoms with E-state index in [2.05, 4.69) is 0 Å². The normalized spacial score (nSPS) is 2.40. The zero-order valence-electron chi connectivity index (χ0n) is 4.96. The first-order valence-corrected chi connectivity index (χ1v) is 0.943. The Morgan fingerprint density at radius 3 is 0.800 bits per heavy atom. The molecule has 8 heteroatoms. The van der Waals surface area contributed by atoms with Crippen LogP contribution in [0, 0.1) is 0 Å². The van der Waals surface area contributed by atoms with E-state index >= 15 is 0 Å². The molecular weight excluding hydrogens is 290 g/mol. The number of hydrogen-bond donors (Lipinski definition) is 0. The van der Waals surface area contributed by atoms with Crippen LogP contribution in [0.5, 0.6) is 0 Å². The molecule has 0 aromatic heterocycles. The molecule has 0 saturated heterocycles. The summed E-state index contributed by atoms with van der Waals surface area (Å²) in [5.41, 5.74) is 0. The molecular formula is C2H2Cl2O4Zn2. The van der Waals surface area contributed by atoms with Gasteiger partial charge in [0.1, 0.15) is 0 Å². The average molecular weight is 292 g/mol. The Labute approximate surface area is 96.1 Å². The van der Waals surface area contributed by atoms with Crippen LogP contribution >= 0.6 is 0 Å². The molecule has 0 aliphatic rings. The van der Waals surface area contributed by atoms with Gasteiger partial charge in [0.25, 0.3) is 0 Å². The zero-order valence-corrected chi connectivity index (χ0v) is 12.4. The summed E-state index contributed by atoms with van der Waals surface area (Å²) >= 11 is 0. The van der Waals surface area contributed by atoms with E-state index in [1.54, 1.807) is 0 Å². The van der Waals surface area contributed by atoms with Crippen molar-refractivity contribution in [3.05, 3.63) is 0 Å². The fourth-order valence-corrected chi connectivity index (χ4v) is 0. The van der Waals surface area contributed by atoms with Crippen molar-refractivity contribution >= 4 is 12.9 Å². The van der Waals surface area contributed by atoms with Gasteiger partial charge in [0.2, 0.25) is 0 Å². The van der Waals surface area contributed by atoms with Crippen molar-refractivity contribution in [2.24, 2.45) is 0 Å². The predicted octanol–water partition coefficient (Wildman–Crippen LogP) is -9.26. The quantitative estimate of drug-likeness (QED) is 0.328. The summed E-state index contributed by atoms with van der Waals surface area (Å²) in [4.78, 5) is 16.5. The van der Waals surface area contributed by atoms with Crippen LogP contribution in [0.25, 0.3) is 0 Å². The van der Waals surface area contributed by atoms with E-state index in [1.807, 2.05) is 0 Å². The van der Waals surface area contributed by atoms with Crippen LogP contribution in [-0.4, -0.2) is 12.9 Å². The first-order valence-electron chi connectivity index (χ1n) is 0.943. The molecule has 52 valence electrons. The van der Waals surface area contributed by atoms with E-state index in [1.165, 1.54) is 0 Å². The molecule has 0 saturated carbocycles. The Kier molecular flexibility index (Phi) is 443. The molecule has 0 bridgehead atoms. The summed E-state index contributed by atoms with van der Waals surface area (Å²) in [6.45, 7) is -1.00. The van der Waals surface area contributed by atoms with Crippen LogP contribution in [0.1, 0.15) is 0 Å². The van der Waals surface area contributed by atoms with Gasteiger partial charge in [0.05, 0.1) is 0 Å². The van der Waals surface area contributed by atoms with Gasteiger partial charge in [-0.05, 0) is 0 Å². The molecule has 0 aliphatic carbocycles. The number of carbonyl (C=O) groups excluding carboxylic acids is 2. The number of carboxylic acid groups (broad SMARTS) is 2. The summed E-state index contributed by atoms with van der Waals surface area (Å²) in [6.07, 6.45) is 0. The number of halogens is 2. The topological polar surface area (TPSA) is 80.3 Å². The fourth-order valence-electron chi connectivity index (χ4n) is 0. The molecule has 0 aromatic rings. The minimum atomic E-state index is -0.500. The maximum absolute atomic E-state index is 8.25. The van der Waals surface area contributed by atoms with E-state index < -0.39 is 12.9 Å². The van der Waals surface area contributed by atoms with Gasteiger partial charge in [0.15, 0.2) is 0 Å². The third kappa shape index (κ3) is 900. The molecule has 0 fully saturated rings. The van der Waals surface area contributed by atoms with Crippen molar-refractivity contribution in [1.29, 1.82) is 0 Å². The van der Waals surface area contributed by atoms with Crippen LogP contribution in [0.15, 0.2) is 0 Å². The van der Waals surface area contributed by atoms with Gasteiger partial charge in [-0.2, -0.15) is 0 Å². The number of carbonyl (C=O) groups is 2. The third-order valence-electron chi connectivity index (χ3n) is 0. The van der Waals surface area contributed by atoms with Crippen molar-refractivity contribution < 1.29 is 83.6 Å². The maximum Gasteiger partial charge on any atom is 2.00 e. The van der Waals surface area contributed by atoms with Crippen molar-refractivity contribution in [3.63, 3.8) is 0 Å². The monoisotopic (exact) mass is 288 g/mol. The molecule has 0 spiro atoms. The summed E-state index contributed by atoms with van der Waals surface area (Å²) < 4.78 is 0. The Morgan fingerprint density at radius 2 is 0.800 bits per heavy atom. The minimum Gasteiger partial charge on any atom is -1.00 e. The molecule has 4 nitrogen and oxygen atoms in total. The summed E-state index contributed by atoms with van der Waals surface area (Å²) in [7, 11) is 0. The second-order valence-corrected chi connectivity index (χ2v) is 0.192. The second kappa shape index (κ2) is 98.1. The van der Waals surface area contributed by atoms with Crippen molar-refractivity contribution in [3.8, 4) is 0 Å². The Bertz CT molecular complexity index is 40.2. The summed E-state index contributed by atoms with van der Waals surface area (Å²) in [6, 6.07) is 0. The minimum absolute atomic E-state index is 0. The van der Waals surface area contributed by atoms with Gasteiger partial charge in [-0.25, -0.2) is 0 Å². The van der Waals surface area contributed by atoms with Gasteiger partial charge in [-0.3, -0.25) is 0 Å². The molecule has 0 aliphatic heterocycles. The Hall–Kier alpha value is 0.767. The van der Waals surface area contributed by atoms with Crippen LogP contribution in [0.2, 0.25) is 0 Å². The van der Waals surface area contributed by atoms with Crippen LogP contribution in [0.4, 0.5) is 0 Å². The maximum atomic E-state index is 8.25. The fraction of sp³-hybridized carbons (Fsp3) is 0. The van der Waals surface area contributed by atoms with Gasteiger partial charge in [-0.15, -0.1) is 0 Å². The van der Waals surface area contributed by atoms with Crippen molar-refractivity contribution in [1.82, 2.24) is 0 Å². The molecule has 0 unspecified atom stereocenters. The largest absolute Gasteiger partial charge is 2.00 e. The van der Waals surface area contributed by atoms with Crippen LogP contribution < -0.4 is 35.0 Å². The first-order chi connectivity index (χ1) is 2.83. The Morgan fingerprint density at radius 1 is 0.800 bits per heavy atom. The zero-order chi connectivity index (χ0) is 5.41. The summed E-state index contributed by atoms with van der Waals surface area (Å²) in [5, 5.41) is 16.5. The van der Waals surface area contributed by atoms with Gasteiger partial charge in [0, 0.05) is 12.9 Å². The number of hydrogen-bond acceptors (Lipinski definition) is 4. The van der Waals surface area contributed by atoms with Crippen molar-refractivity contribution in [2.45, 2.75) is 0 Å². The van der Waals surface area contributed by atoms with E-state index in [9.17, 15) is 0 Å². The van der Waals surface area contributed by atoms with Gasteiger partial charge < -0.3 is 44.6 Å². The molecule has 0 aromatic carbocycles. The van der Waals surface area contributed by atoms with Crippen LogP contribution in [0.3, 0.4) is 0 Å². The molecule has 0 atom stereocenters. The smallest absolute Gasteiger partial charge is 1.00 e. The van der Waals surface area contributed by atoms with E-state index in [0.717, 1.165) is 0 Å². The van der Waals surface area contributed by atoms with E-state index in [4.69, 9.17) is 19.8 Å². The molecule has 0 heterocycles. The standard InChI is InChI=1S/2CH2O2.2ClH.2Zn/c2*2-1-3;;;;/h2*1H,(H,2,3);2*1H;;/q;;;;2*+2/p-4. The van der Waals surface area contributed by atoms with Crippen LogP contribution in [-0.2, 0) is 48.5 Å².